The molecule has 0 atom stereocenters. The molecule has 0 unspecified atom stereocenters. The number of carbonyl (C=O) groups is 1. The summed E-state index contributed by atoms with van der Waals surface area (Å²) in [5, 5.41) is 6.01. The number of rotatable bonds is 6. The van der Waals surface area contributed by atoms with Crippen LogP contribution in [0.1, 0.15) is 21.6 Å². The third kappa shape index (κ3) is 4.84. The van der Waals surface area contributed by atoms with Gasteiger partial charge in [0, 0.05) is 37.4 Å². The fraction of sp³-hybridized carbons (Fsp3) is 0.105. The first-order valence-corrected chi connectivity index (χ1v) is 7.82. The van der Waals surface area contributed by atoms with Crippen molar-refractivity contribution >= 4 is 11.6 Å². The summed E-state index contributed by atoms with van der Waals surface area (Å²) in [7, 11) is 0. The second kappa shape index (κ2) is 8.01. The first-order chi connectivity index (χ1) is 12.2. The number of nitrogens with zero attached hydrogens (tertiary/aromatic N) is 2. The highest BCUT2D eigenvalue weighted by Crippen LogP contribution is 2.11. The van der Waals surface area contributed by atoms with E-state index in [2.05, 4.69) is 20.6 Å². The number of hydrogen-bond donors (Lipinski definition) is 2. The number of benzene rings is 1. The summed E-state index contributed by atoms with van der Waals surface area (Å²) in [6.07, 6.45) is 4.96. The quantitative estimate of drug-likeness (QED) is 0.726. The molecule has 5 nitrogen and oxygen atoms in total. The Morgan fingerprint density at radius 1 is 1.00 bits per heavy atom. The molecule has 0 fully saturated rings. The molecule has 3 aromatic rings. The minimum absolute atomic E-state index is 0.255. The normalized spacial score (nSPS) is 10.3. The molecule has 2 heterocycles. The molecule has 2 N–H and O–H groups in total. The maximum absolute atomic E-state index is 12.9. The smallest absolute Gasteiger partial charge is 0.270 e. The van der Waals surface area contributed by atoms with E-state index in [9.17, 15) is 9.18 Å². The highest BCUT2D eigenvalue weighted by Gasteiger charge is 2.08. The van der Waals surface area contributed by atoms with Crippen LogP contribution in [0, 0.1) is 5.82 Å². The van der Waals surface area contributed by atoms with Gasteiger partial charge in [-0.2, -0.15) is 0 Å². The van der Waals surface area contributed by atoms with E-state index in [1.165, 1.54) is 12.1 Å². The van der Waals surface area contributed by atoms with E-state index in [1.54, 1.807) is 42.9 Å². The number of amides is 1. The predicted molar refractivity (Wildman–Crippen MR) is 93.4 cm³/mol. The highest BCUT2D eigenvalue weighted by atomic mass is 19.1. The standard InChI is InChI=1S/C19H17FN4O/c20-16-5-3-14(4-6-16)12-23-17-7-9-22-18(10-17)19(25)24-13-15-2-1-8-21-11-15/h1-11H,12-13H2,(H,22,23)(H,24,25). The molecule has 1 aromatic carbocycles. The fourth-order valence-corrected chi connectivity index (χ4v) is 2.25. The van der Waals surface area contributed by atoms with Crippen molar-refractivity contribution in [3.63, 3.8) is 0 Å². The molecular weight excluding hydrogens is 319 g/mol. The summed E-state index contributed by atoms with van der Waals surface area (Å²) < 4.78 is 12.9. The Hall–Kier alpha value is -3.28. The average Bonchev–Trinajstić information content (AvgIpc) is 2.67. The van der Waals surface area contributed by atoms with Gasteiger partial charge in [-0.05, 0) is 41.5 Å². The molecule has 0 bridgehead atoms. The van der Waals surface area contributed by atoms with Crippen molar-refractivity contribution in [1.29, 1.82) is 0 Å². The topological polar surface area (TPSA) is 66.9 Å². The fourth-order valence-electron chi connectivity index (χ4n) is 2.25. The number of anilines is 1. The first-order valence-electron chi connectivity index (χ1n) is 7.82. The SMILES string of the molecule is O=C(NCc1cccnc1)c1cc(NCc2ccc(F)cc2)ccn1. The number of hydrogen-bond acceptors (Lipinski definition) is 4. The summed E-state index contributed by atoms with van der Waals surface area (Å²) in [6, 6.07) is 13.4. The average molecular weight is 336 g/mol. The summed E-state index contributed by atoms with van der Waals surface area (Å²) in [5.41, 5.74) is 2.96. The molecule has 1 amide bonds. The zero-order valence-electron chi connectivity index (χ0n) is 13.4. The van der Waals surface area contributed by atoms with Gasteiger partial charge in [0.05, 0.1) is 0 Å². The van der Waals surface area contributed by atoms with Crippen molar-refractivity contribution in [1.82, 2.24) is 15.3 Å². The molecule has 0 aliphatic rings. The Morgan fingerprint density at radius 2 is 1.84 bits per heavy atom. The van der Waals surface area contributed by atoms with Gasteiger partial charge >= 0.3 is 0 Å². The summed E-state index contributed by atoms with van der Waals surface area (Å²) >= 11 is 0. The van der Waals surface area contributed by atoms with Crippen LogP contribution >= 0.6 is 0 Å². The molecule has 0 radical (unpaired) electrons. The highest BCUT2D eigenvalue weighted by molar-refractivity contribution is 5.93. The molecule has 2 aromatic heterocycles. The Balaban J connectivity index is 1.58. The Bertz CT molecular complexity index is 838. The zero-order chi connectivity index (χ0) is 17.5. The second-order valence-corrected chi connectivity index (χ2v) is 5.45. The molecule has 0 aliphatic heterocycles. The van der Waals surface area contributed by atoms with Crippen LogP contribution in [0.4, 0.5) is 10.1 Å². The summed E-state index contributed by atoms with van der Waals surface area (Å²) in [6.45, 7) is 0.919. The Morgan fingerprint density at radius 3 is 2.60 bits per heavy atom. The molecular formula is C19H17FN4O. The third-order valence-electron chi connectivity index (χ3n) is 3.58. The molecule has 0 aliphatic carbocycles. The van der Waals surface area contributed by atoms with Crippen LogP contribution in [0.3, 0.4) is 0 Å². The van der Waals surface area contributed by atoms with Gasteiger partial charge < -0.3 is 10.6 Å². The van der Waals surface area contributed by atoms with Crippen LogP contribution in [0.2, 0.25) is 0 Å². The number of pyridine rings is 2. The Labute approximate surface area is 145 Å². The van der Waals surface area contributed by atoms with E-state index in [-0.39, 0.29) is 11.7 Å². The van der Waals surface area contributed by atoms with Gasteiger partial charge in [-0.1, -0.05) is 18.2 Å². The van der Waals surface area contributed by atoms with Crippen molar-refractivity contribution < 1.29 is 9.18 Å². The van der Waals surface area contributed by atoms with Crippen molar-refractivity contribution in [3.05, 3.63) is 89.8 Å². The minimum Gasteiger partial charge on any atom is -0.381 e. The van der Waals surface area contributed by atoms with E-state index >= 15 is 0 Å². The van der Waals surface area contributed by atoms with Crippen LogP contribution in [0.15, 0.2) is 67.1 Å². The van der Waals surface area contributed by atoms with Gasteiger partial charge in [-0.25, -0.2) is 4.39 Å². The number of nitrogens with one attached hydrogen (secondary N) is 2. The van der Waals surface area contributed by atoms with E-state index in [0.717, 1.165) is 16.8 Å². The van der Waals surface area contributed by atoms with Crippen molar-refractivity contribution in [2.45, 2.75) is 13.1 Å². The van der Waals surface area contributed by atoms with Gasteiger partial charge in [-0.3, -0.25) is 14.8 Å². The summed E-state index contributed by atoms with van der Waals surface area (Å²) in [5.74, 6) is -0.519. The zero-order valence-corrected chi connectivity index (χ0v) is 13.4. The van der Waals surface area contributed by atoms with Gasteiger partial charge in [0.2, 0.25) is 0 Å². The molecule has 126 valence electrons. The van der Waals surface area contributed by atoms with Crippen LogP contribution in [0.25, 0.3) is 0 Å². The minimum atomic E-state index is -0.264. The largest absolute Gasteiger partial charge is 0.381 e. The maximum atomic E-state index is 12.9. The van der Waals surface area contributed by atoms with Gasteiger partial charge in [0.15, 0.2) is 0 Å². The third-order valence-corrected chi connectivity index (χ3v) is 3.58. The molecule has 0 saturated carbocycles. The maximum Gasteiger partial charge on any atom is 0.270 e. The van der Waals surface area contributed by atoms with Crippen molar-refractivity contribution in [2.75, 3.05) is 5.32 Å². The van der Waals surface area contributed by atoms with Crippen LogP contribution < -0.4 is 10.6 Å². The predicted octanol–water partition coefficient (Wildman–Crippen LogP) is 3.16. The number of carbonyl (C=O) groups excluding carboxylic acids is 1. The molecule has 25 heavy (non-hydrogen) atoms. The molecule has 0 spiro atoms. The van der Waals surface area contributed by atoms with Crippen molar-refractivity contribution in [3.8, 4) is 0 Å². The van der Waals surface area contributed by atoms with E-state index in [0.29, 0.717) is 18.8 Å². The summed E-state index contributed by atoms with van der Waals surface area (Å²) in [4.78, 5) is 20.3. The molecule has 0 saturated heterocycles. The Kier molecular flexibility index (Phi) is 5.31. The van der Waals surface area contributed by atoms with Crippen LogP contribution in [-0.2, 0) is 13.1 Å². The van der Waals surface area contributed by atoms with Gasteiger partial charge in [0.25, 0.3) is 5.91 Å². The first kappa shape index (κ1) is 16.6. The lowest BCUT2D eigenvalue weighted by atomic mass is 10.2. The monoisotopic (exact) mass is 336 g/mol. The number of aromatic nitrogens is 2. The van der Waals surface area contributed by atoms with Gasteiger partial charge in [-0.15, -0.1) is 0 Å². The lowest BCUT2D eigenvalue weighted by Gasteiger charge is -2.09. The number of halogens is 1. The van der Waals surface area contributed by atoms with E-state index < -0.39 is 0 Å². The van der Waals surface area contributed by atoms with Crippen LogP contribution in [0.5, 0.6) is 0 Å². The lowest BCUT2D eigenvalue weighted by molar-refractivity contribution is 0.0946. The van der Waals surface area contributed by atoms with E-state index in [1.807, 2.05) is 12.1 Å². The molecule has 3 rings (SSSR count). The lowest BCUT2D eigenvalue weighted by Crippen LogP contribution is -2.23. The van der Waals surface area contributed by atoms with E-state index in [4.69, 9.17) is 0 Å². The second-order valence-electron chi connectivity index (χ2n) is 5.45. The van der Waals surface area contributed by atoms with Crippen LogP contribution in [-0.4, -0.2) is 15.9 Å². The molecule has 6 heteroatoms. The van der Waals surface area contributed by atoms with Gasteiger partial charge in [0.1, 0.15) is 11.5 Å². The van der Waals surface area contributed by atoms with Crippen molar-refractivity contribution in [2.24, 2.45) is 0 Å².